The van der Waals surface area contributed by atoms with E-state index in [0.717, 1.165) is 29.7 Å². The number of nitrogens with zero attached hydrogens (tertiary/aromatic N) is 1. The Morgan fingerprint density at radius 2 is 1.82 bits per heavy atom. The molecule has 178 valence electrons. The highest BCUT2D eigenvalue weighted by molar-refractivity contribution is 6.36. The highest BCUT2D eigenvalue weighted by atomic mass is 35.5. The second kappa shape index (κ2) is 8.41. The summed E-state index contributed by atoms with van der Waals surface area (Å²) in [6.45, 7) is 4.31. The van der Waals surface area contributed by atoms with E-state index < -0.39 is 6.23 Å². The van der Waals surface area contributed by atoms with Gasteiger partial charge < -0.3 is 10.8 Å². The number of fused-ring (bicyclic) bond motifs is 1. The van der Waals surface area contributed by atoms with Crippen LogP contribution in [0.15, 0.2) is 67.7 Å². The van der Waals surface area contributed by atoms with Crippen molar-refractivity contribution >= 4 is 23.2 Å². The fraction of sp³-hybridized carbons (Fsp3) is 0.556. The summed E-state index contributed by atoms with van der Waals surface area (Å²) in [5, 5.41) is 11.4. The number of aliphatic hydroxyl groups excluding tert-OH is 1. The molecule has 3 nitrogen and oxygen atoms in total. The third kappa shape index (κ3) is 3.87. The zero-order chi connectivity index (χ0) is 23.8. The molecule has 0 amide bonds. The predicted molar refractivity (Wildman–Crippen MR) is 133 cm³/mol. The van der Waals surface area contributed by atoms with Crippen molar-refractivity contribution in [1.29, 1.82) is 0 Å². The number of hydrogen-bond acceptors (Lipinski definition) is 3. The van der Waals surface area contributed by atoms with Crippen LogP contribution >= 0.6 is 23.2 Å². The Morgan fingerprint density at radius 3 is 2.52 bits per heavy atom. The molecule has 6 heteroatoms. The van der Waals surface area contributed by atoms with Crippen LogP contribution in [0.1, 0.15) is 39.5 Å². The van der Waals surface area contributed by atoms with Crippen LogP contribution in [0.5, 0.6) is 0 Å². The van der Waals surface area contributed by atoms with Gasteiger partial charge in [-0.3, -0.25) is 4.90 Å². The van der Waals surface area contributed by atoms with Crippen LogP contribution in [0.25, 0.3) is 0 Å². The van der Waals surface area contributed by atoms with Crippen LogP contribution in [0.4, 0.5) is 4.39 Å². The normalized spacial score (nSPS) is 35.4. The van der Waals surface area contributed by atoms with Gasteiger partial charge in [-0.15, -0.1) is 0 Å². The Bertz CT molecular complexity index is 1080. The summed E-state index contributed by atoms with van der Waals surface area (Å²) in [7, 11) is 3.81. The molecule has 0 radical (unpaired) electrons. The number of allylic oxidation sites excluding steroid dienone is 10. The number of rotatable bonds is 6. The largest absolute Gasteiger partial charge is 0.401 e. The van der Waals surface area contributed by atoms with Crippen molar-refractivity contribution < 1.29 is 9.50 Å². The maximum absolute atomic E-state index is 14.2. The molecule has 0 aliphatic heterocycles. The summed E-state index contributed by atoms with van der Waals surface area (Å²) in [5.41, 5.74) is 13.5. The lowest BCUT2D eigenvalue weighted by atomic mass is 9.87. The van der Waals surface area contributed by atoms with Gasteiger partial charge in [0.05, 0.1) is 5.03 Å². The van der Waals surface area contributed by atoms with Crippen molar-refractivity contribution in [2.45, 2.75) is 45.8 Å². The van der Waals surface area contributed by atoms with E-state index in [1.165, 1.54) is 16.7 Å². The molecule has 7 atom stereocenters. The minimum absolute atomic E-state index is 0.105. The zero-order valence-electron chi connectivity index (χ0n) is 19.7. The monoisotopic (exact) mass is 490 g/mol. The highest BCUT2D eigenvalue weighted by Gasteiger charge is 2.50. The van der Waals surface area contributed by atoms with Crippen LogP contribution in [0.3, 0.4) is 0 Å². The molecule has 0 saturated heterocycles. The summed E-state index contributed by atoms with van der Waals surface area (Å²) < 4.78 is 14.2. The Labute approximate surface area is 206 Å². The second-order valence-corrected chi connectivity index (χ2v) is 11.5. The van der Waals surface area contributed by atoms with Crippen molar-refractivity contribution in [2.75, 3.05) is 14.1 Å². The Balaban J connectivity index is 1.36. The molecule has 7 unspecified atom stereocenters. The number of nitrogens with two attached hydrogens (primary N) is 1. The van der Waals surface area contributed by atoms with Crippen molar-refractivity contribution in [1.82, 2.24) is 4.90 Å². The molecular formula is C27H33Cl2FN2O. The van der Waals surface area contributed by atoms with E-state index in [4.69, 9.17) is 28.9 Å². The lowest BCUT2D eigenvalue weighted by molar-refractivity contribution is 0.0678. The summed E-state index contributed by atoms with van der Waals surface area (Å²) in [6.07, 6.45) is 9.04. The second-order valence-electron chi connectivity index (χ2n) is 10.6. The van der Waals surface area contributed by atoms with Crippen LogP contribution in [-0.2, 0) is 0 Å². The summed E-state index contributed by atoms with van der Waals surface area (Å²) in [5.74, 6) is 1.70. The van der Waals surface area contributed by atoms with Crippen molar-refractivity contribution in [3.63, 3.8) is 0 Å². The Morgan fingerprint density at radius 1 is 1.09 bits per heavy atom. The first-order valence-corrected chi connectivity index (χ1v) is 12.8. The molecule has 2 saturated carbocycles. The van der Waals surface area contributed by atoms with Crippen molar-refractivity contribution in [3.05, 3.63) is 67.7 Å². The number of halogens is 3. The van der Waals surface area contributed by atoms with E-state index in [1.54, 1.807) is 0 Å². The van der Waals surface area contributed by atoms with Gasteiger partial charge in [0.1, 0.15) is 12.1 Å². The quantitative estimate of drug-likeness (QED) is 0.439. The van der Waals surface area contributed by atoms with Gasteiger partial charge in [0.25, 0.3) is 0 Å². The predicted octanol–water partition coefficient (Wildman–Crippen LogP) is 6.14. The van der Waals surface area contributed by atoms with Crippen LogP contribution in [0.2, 0.25) is 0 Å². The Kier molecular flexibility index (Phi) is 5.96. The van der Waals surface area contributed by atoms with Crippen molar-refractivity contribution in [2.24, 2.45) is 41.2 Å². The molecule has 0 heterocycles. The fourth-order valence-electron chi connectivity index (χ4n) is 6.19. The first-order valence-electron chi connectivity index (χ1n) is 12.0. The molecule has 0 aromatic carbocycles. The van der Waals surface area contributed by atoms with Gasteiger partial charge in [-0.2, -0.15) is 0 Å². The first kappa shape index (κ1) is 23.4. The number of likely N-dealkylation sites (N-methyl/N-ethyl adjacent to an activating group) is 1. The standard InChI is InChI=1S/C27H33Cl2FN2O/c1-12(24-22(28)7-8-23(30)25(24)29)16-9-20(16)21-10-17(13(2)26(21)31)14-5-6-15(19-11-18(14)19)27(33)32(3)4/h5-6,10,12-13,16,18-20,27,33H,7-9,11,31H2,1-4H3. The zero-order valence-corrected chi connectivity index (χ0v) is 21.2. The van der Waals surface area contributed by atoms with Crippen LogP contribution < -0.4 is 5.73 Å². The smallest absolute Gasteiger partial charge is 0.129 e. The van der Waals surface area contributed by atoms with Gasteiger partial charge in [0, 0.05) is 23.1 Å². The summed E-state index contributed by atoms with van der Waals surface area (Å²) in [4.78, 5) is 1.85. The van der Waals surface area contributed by atoms with Gasteiger partial charge in [-0.05, 0) is 90.8 Å². The van der Waals surface area contributed by atoms with Crippen molar-refractivity contribution in [3.8, 4) is 0 Å². The topological polar surface area (TPSA) is 49.5 Å². The summed E-state index contributed by atoms with van der Waals surface area (Å²) >= 11 is 12.8. The van der Waals surface area contributed by atoms with Gasteiger partial charge in [-0.1, -0.05) is 55.3 Å². The Hall–Kier alpha value is -1.33. The minimum atomic E-state index is -0.521. The van der Waals surface area contributed by atoms with Gasteiger partial charge in [-0.25, -0.2) is 4.39 Å². The molecule has 2 fully saturated rings. The molecule has 33 heavy (non-hydrogen) atoms. The van der Waals surface area contributed by atoms with Gasteiger partial charge >= 0.3 is 0 Å². The maximum Gasteiger partial charge on any atom is 0.129 e. The first-order chi connectivity index (χ1) is 15.6. The van der Waals surface area contributed by atoms with Gasteiger partial charge in [0.2, 0.25) is 0 Å². The maximum atomic E-state index is 14.2. The van der Waals surface area contributed by atoms with Crippen LogP contribution in [-0.4, -0.2) is 30.3 Å². The number of hydrogen-bond donors (Lipinski definition) is 2. The lowest BCUT2D eigenvalue weighted by Gasteiger charge is -2.25. The molecule has 3 N–H and O–H groups in total. The average Bonchev–Trinajstić information content (AvgIpc) is 3.69. The molecule has 0 aromatic heterocycles. The average molecular weight is 491 g/mol. The van der Waals surface area contributed by atoms with E-state index in [0.29, 0.717) is 41.5 Å². The highest BCUT2D eigenvalue weighted by Crippen LogP contribution is 2.59. The molecule has 5 aliphatic carbocycles. The van der Waals surface area contributed by atoms with Crippen LogP contribution in [0, 0.1) is 35.5 Å². The van der Waals surface area contributed by atoms with E-state index in [-0.39, 0.29) is 22.7 Å². The molecule has 0 aromatic rings. The van der Waals surface area contributed by atoms with E-state index in [1.807, 2.05) is 19.0 Å². The third-order valence-electron chi connectivity index (χ3n) is 8.44. The molecule has 0 bridgehead atoms. The molecule has 5 rings (SSSR count). The fourth-order valence-corrected chi connectivity index (χ4v) is 6.98. The minimum Gasteiger partial charge on any atom is -0.401 e. The number of aliphatic hydroxyl groups is 1. The third-order valence-corrected chi connectivity index (χ3v) is 9.24. The molecule has 0 spiro atoms. The van der Waals surface area contributed by atoms with E-state index in [9.17, 15) is 9.50 Å². The van der Waals surface area contributed by atoms with E-state index in [2.05, 4.69) is 32.1 Å². The lowest BCUT2D eigenvalue weighted by Crippen LogP contribution is -2.31. The SMILES string of the molecule is CC1C(C2=CC=C(C(O)N(C)C)C3CC23)=CC(C2CC2C(C)C2=C(Cl)CCC(F)=C2Cl)=C1N. The van der Waals surface area contributed by atoms with Gasteiger partial charge in [0.15, 0.2) is 0 Å². The summed E-state index contributed by atoms with van der Waals surface area (Å²) in [6, 6.07) is 0. The molecule has 5 aliphatic rings. The molecular weight excluding hydrogens is 458 g/mol. The van der Waals surface area contributed by atoms with E-state index >= 15 is 0 Å².